The zero-order chi connectivity index (χ0) is 13.0. The molecule has 0 atom stereocenters. The summed E-state index contributed by atoms with van der Waals surface area (Å²) in [5.41, 5.74) is 6.29. The van der Waals surface area contributed by atoms with E-state index in [0.29, 0.717) is 5.56 Å². The van der Waals surface area contributed by atoms with E-state index in [9.17, 15) is 0 Å². The number of pyridine rings is 1. The zero-order valence-electron chi connectivity index (χ0n) is 10.9. The summed E-state index contributed by atoms with van der Waals surface area (Å²) >= 11 is 0. The molecule has 1 aromatic heterocycles. The third kappa shape index (κ3) is 2.98. The van der Waals surface area contributed by atoms with E-state index in [2.05, 4.69) is 14.8 Å². The Bertz CT molecular complexity index is 412. The molecule has 2 rings (SSSR count). The third-order valence-electron chi connectivity index (χ3n) is 3.39. The van der Waals surface area contributed by atoms with Crippen LogP contribution in [0.5, 0.6) is 0 Å². The van der Waals surface area contributed by atoms with Gasteiger partial charge in [-0.2, -0.15) is 0 Å². The van der Waals surface area contributed by atoms with Crippen molar-refractivity contribution in [2.45, 2.75) is 12.8 Å². The number of nitrogen functional groups attached to an aromatic ring is 1. The minimum atomic E-state index is 0.0751. The monoisotopic (exact) mass is 247 g/mol. The van der Waals surface area contributed by atoms with E-state index in [-0.39, 0.29) is 5.84 Å². The number of rotatable bonds is 5. The van der Waals surface area contributed by atoms with Gasteiger partial charge in [0.2, 0.25) is 0 Å². The summed E-state index contributed by atoms with van der Waals surface area (Å²) in [6.07, 6.45) is 4.37. The van der Waals surface area contributed by atoms with Gasteiger partial charge in [0.05, 0.1) is 5.56 Å². The SMILES string of the molecule is CN(CCN1CCCC1)c1ncccc1C(=N)N. The molecule has 0 aromatic carbocycles. The van der Waals surface area contributed by atoms with Crippen molar-refractivity contribution in [1.29, 1.82) is 5.41 Å². The van der Waals surface area contributed by atoms with Gasteiger partial charge < -0.3 is 15.5 Å². The van der Waals surface area contributed by atoms with Crippen LogP contribution in [0.4, 0.5) is 5.82 Å². The Morgan fingerprint density at radius 3 is 2.89 bits per heavy atom. The number of hydrogen-bond donors (Lipinski definition) is 2. The molecule has 0 saturated carbocycles. The zero-order valence-corrected chi connectivity index (χ0v) is 10.9. The second-order valence-corrected chi connectivity index (χ2v) is 4.76. The topological polar surface area (TPSA) is 69.2 Å². The van der Waals surface area contributed by atoms with Crippen LogP contribution < -0.4 is 10.6 Å². The standard InChI is InChI=1S/C13H21N5/c1-17(9-10-18-7-2-3-8-18)13-11(12(14)15)5-4-6-16-13/h4-6H,2-3,7-10H2,1H3,(H3,14,15). The molecule has 0 radical (unpaired) electrons. The van der Waals surface area contributed by atoms with Gasteiger partial charge in [0, 0.05) is 26.3 Å². The van der Waals surface area contributed by atoms with Crippen molar-refractivity contribution in [1.82, 2.24) is 9.88 Å². The predicted octanol–water partition coefficient (Wildman–Crippen LogP) is 0.898. The smallest absolute Gasteiger partial charge is 0.139 e. The van der Waals surface area contributed by atoms with Gasteiger partial charge in [-0.3, -0.25) is 5.41 Å². The van der Waals surface area contributed by atoms with Crippen molar-refractivity contribution < 1.29 is 0 Å². The Kier molecular flexibility index (Phi) is 4.15. The second kappa shape index (κ2) is 5.82. The van der Waals surface area contributed by atoms with Gasteiger partial charge in [-0.15, -0.1) is 0 Å². The molecular weight excluding hydrogens is 226 g/mol. The number of amidine groups is 1. The highest BCUT2D eigenvalue weighted by Crippen LogP contribution is 2.15. The lowest BCUT2D eigenvalue weighted by atomic mass is 10.2. The Labute approximate surface area is 108 Å². The Morgan fingerprint density at radius 2 is 2.22 bits per heavy atom. The highest BCUT2D eigenvalue weighted by atomic mass is 15.2. The summed E-state index contributed by atoms with van der Waals surface area (Å²) in [6, 6.07) is 3.66. The number of nitrogens with two attached hydrogens (primary N) is 1. The van der Waals surface area contributed by atoms with Crippen molar-refractivity contribution in [3.05, 3.63) is 23.9 Å². The van der Waals surface area contributed by atoms with Crippen LogP contribution in [-0.4, -0.2) is 48.9 Å². The Hall–Kier alpha value is -1.62. The molecule has 98 valence electrons. The lowest BCUT2D eigenvalue weighted by Crippen LogP contribution is -2.33. The quantitative estimate of drug-likeness (QED) is 0.599. The van der Waals surface area contributed by atoms with Crippen molar-refractivity contribution in [2.24, 2.45) is 5.73 Å². The summed E-state index contributed by atoms with van der Waals surface area (Å²) in [5.74, 6) is 0.871. The average molecular weight is 247 g/mol. The first-order valence-electron chi connectivity index (χ1n) is 6.41. The van der Waals surface area contributed by atoms with Crippen molar-refractivity contribution >= 4 is 11.7 Å². The molecular formula is C13H21N5. The number of likely N-dealkylation sites (tertiary alicyclic amines) is 1. The van der Waals surface area contributed by atoms with Crippen molar-refractivity contribution in [2.75, 3.05) is 38.1 Å². The normalized spacial score (nSPS) is 15.8. The van der Waals surface area contributed by atoms with E-state index in [1.165, 1.54) is 25.9 Å². The van der Waals surface area contributed by atoms with Gasteiger partial charge in [-0.05, 0) is 38.1 Å². The molecule has 0 aliphatic carbocycles. The van der Waals surface area contributed by atoms with Crippen LogP contribution in [0.1, 0.15) is 18.4 Å². The average Bonchev–Trinajstić information content (AvgIpc) is 2.89. The van der Waals surface area contributed by atoms with Crippen LogP contribution in [0.2, 0.25) is 0 Å². The van der Waals surface area contributed by atoms with E-state index in [1.54, 1.807) is 6.20 Å². The molecule has 1 aliphatic rings. The number of hydrogen-bond acceptors (Lipinski definition) is 4. The molecule has 1 aromatic rings. The number of aromatic nitrogens is 1. The molecule has 1 aliphatic heterocycles. The fraction of sp³-hybridized carbons (Fsp3) is 0.538. The van der Waals surface area contributed by atoms with Gasteiger partial charge in [0.1, 0.15) is 11.7 Å². The van der Waals surface area contributed by atoms with Crippen LogP contribution in [0.25, 0.3) is 0 Å². The van der Waals surface area contributed by atoms with Gasteiger partial charge >= 0.3 is 0 Å². The minimum absolute atomic E-state index is 0.0751. The second-order valence-electron chi connectivity index (χ2n) is 4.76. The van der Waals surface area contributed by atoms with Crippen molar-refractivity contribution in [3.8, 4) is 0 Å². The fourth-order valence-corrected chi connectivity index (χ4v) is 2.31. The van der Waals surface area contributed by atoms with Crippen molar-refractivity contribution in [3.63, 3.8) is 0 Å². The third-order valence-corrected chi connectivity index (χ3v) is 3.39. The van der Waals surface area contributed by atoms with E-state index in [4.69, 9.17) is 11.1 Å². The first-order chi connectivity index (χ1) is 8.68. The maximum atomic E-state index is 7.57. The molecule has 0 amide bonds. The number of nitrogens with zero attached hydrogens (tertiary/aromatic N) is 3. The van der Waals surface area contributed by atoms with Crippen LogP contribution >= 0.6 is 0 Å². The molecule has 2 heterocycles. The first kappa shape index (κ1) is 12.8. The Balaban J connectivity index is 1.99. The molecule has 3 N–H and O–H groups in total. The molecule has 0 spiro atoms. The largest absolute Gasteiger partial charge is 0.384 e. The fourth-order valence-electron chi connectivity index (χ4n) is 2.31. The minimum Gasteiger partial charge on any atom is -0.384 e. The highest BCUT2D eigenvalue weighted by Gasteiger charge is 2.14. The summed E-state index contributed by atoms with van der Waals surface area (Å²) < 4.78 is 0. The maximum absolute atomic E-state index is 7.57. The lowest BCUT2D eigenvalue weighted by molar-refractivity contribution is 0.346. The molecule has 5 heteroatoms. The van der Waals surface area contributed by atoms with Gasteiger partial charge in [-0.1, -0.05) is 0 Å². The van der Waals surface area contributed by atoms with Crippen LogP contribution in [0, 0.1) is 5.41 Å². The van der Waals surface area contributed by atoms with Crippen LogP contribution in [-0.2, 0) is 0 Å². The van der Waals surface area contributed by atoms with E-state index in [1.807, 2.05) is 19.2 Å². The summed E-state index contributed by atoms with van der Waals surface area (Å²) in [5, 5.41) is 7.57. The summed E-state index contributed by atoms with van der Waals surface area (Å²) in [6.45, 7) is 4.37. The van der Waals surface area contributed by atoms with Gasteiger partial charge in [-0.25, -0.2) is 4.98 Å². The van der Waals surface area contributed by atoms with Crippen LogP contribution in [0.3, 0.4) is 0 Å². The van der Waals surface area contributed by atoms with E-state index in [0.717, 1.165) is 18.9 Å². The number of anilines is 1. The lowest BCUT2D eigenvalue weighted by Gasteiger charge is -2.23. The van der Waals surface area contributed by atoms with Gasteiger partial charge in [0.25, 0.3) is 0 Å². The van der Waals surface area contributed by atoms with Crippen LogP contribution in [0.15, 0.2) is 18.3 Å². The predicted molar refractivity (Wildman–Crippen MR) is 74.2 cm³/mol. The molecule has 5 nitrogen and oxygen atoms in total. The molecule has 1 fully saturated rings. The molecule has 0 unspecified atom stereocenters. The molecule has 1 saturated heterocycles. The van der Waals surface area contributed by atoms with Gasteiger partial charge in [0.15, 0.2) is 0 Å². The van der Waals surface area contributed by atoms with E-state index < -0.39 is 0 Å². The summed E-state index contributed by atoms with van der Waals surface area (Å²) in [7, 11) is 2.00. The maximum Gasteiger partial charge on any atom is 0.139 e. The summed E-state index contributed by atoms with van der Waals surface area (Å²) in [4.78, 5) is 8.88. The highest BCUT2D eigenvalue weighted by molar-refractivity contribution is 5.99. The Morgan fingerprint density at radius 1 is 1.50 bits per heavy atom. The van der Waals surface area contributed by atoms with E-state index >= 15 is 0 Å². The molecule has 0 bridgehead atoms. The first-order valence-corrected chi connectivity index (χ1v) is 6.41. The molecule has 18 heavy (non-hydrogen) atoms. The number of nitrogens with one attached hydrogen (secondary N) is 1. The number of likely N-dealkylation sites (N-methyl/N-ethyl adjacent to an activating group) is 1.